The van der Waals surface area contributed by atoms with Crippen molar-refractivity contribution in [3.63, 3.8) is 0 Å². The third kappa shape index (κ3) is 4.18. The predicted octanol–water partition coefficient (Wildman–Crippen LogP) is 3.43. The molecule has 0 fully saturated rings. The van der Waals surface area contributed by atoms with Crippen LogP contribution in [0.1, 0.15) is 10.4 Å². The minimum absolute atomic E-state index is 0.0227. The first-order valence-electron chi connectivity index (χ1n) is 6.83. The lowest BCUT2D eigenvalue weighted by molar-refractivity contribution is -0.384. The fourth-order valence-corrected chi connectivity index (χ4v) is 3.86. The molecule has 0 aliphatic heterocycles. The second kappa shape index (κ2) is 8.34. The molecule has 0 radical (unpaired) electrons. The van der Waals surface area contributed by atoms with Crippen LogP contribution in [0.4, 0.5) is 5.69 Å². The van der Waals surface area contributed by atoms with Gasteiger partial charge in [0.25, 0.3) is 11.6 Å². The van der Waals surface area contributed by atoms with Crippen molar-refractivity contribution in [3.05, 3.63) is 49.8 Å². The van der Waals surface area contributed by atoms with E-state index in [4.69, 9.17) is 9.47 Å². The number of nitrogens with zero attached hydrogens (tertiary/aromatic N) is 1. The Bertz CT molecular complexity index is 728. The van der Waals surface area contributed by atoms with Gasteiger partial charge in [0.05, 0.1) is 17.0 Å². The largest absolute Gasteiger partial charge is 0.354 e. The van der Waals surface area contributed by atoms with Gasteiger partial charge in [0.2, 0.25) is 0 Å². The third-order valence-electron chi connectivity index (χ3n) is 3.27. The number of benzene rings is 1. The number of hydrogen-bond acceptors (Lipinski definition) is 6. The van der Waals surface area contributed by atoms with Crippen LogP contribution in [0.3, 0.4) is 0 Å². The summed E-state index contributed by atoms with van der Waals surface area (Å²) in [5, 5.41) is 15.2. The van der Waals surface area contributed by atoms with Crippen molar-refractivity contribution >= 4 is 38.9 Å². The van der Waals surface area contributed by atoms with Gasteiger partial charge in [0.1, 0.15) is 0 Å². The van der Waals surface area contributed by atoms with E-state index < -0.39 is 11.2 Å². The second-order valence-corrected chi connectivity index (χ2v) is 6.38. The van der Waals surface area contributed by atoms with Crippen molar-refractivity contribution in [1.82, 2.24) is 5.32 Å². The van der Waals surface area contributed by atoms with Crippen molar-refractivity contribution < 1.29 is 19.2 Å². The third-order valence-corrected chi connectivity index (χ3v) is 5.39. The maximum Gasteiger partial charge on any atom is 0.269 e. The van der Waals surface area contributed by atoms with E-state index in [0.29, 0.717) is 10.0 Å². The summed E-state index contributed by atoms with van der Waals surface area (Å²) >= 11 is 4.81. The van der Waals surface area contributed by atoms with Crippen molar-refractivity contribution in [2.24, 2.45) is 0 Å². The highest BCUT2D eigenvalue weighted by Crippen LogP contribution is 2.37. The van der Waals surface area contributed by atoms with Crippen molar-refractivity contribution in [3.8, 4) is 10.4 Å². The molecule has 0 atom stereocenters. The number of amides is 1. The number of carbonyl (C=O) groups is 1. The summed E-state index contributed by atoms with van der Waals surface area (Å²) in [5.74, 6) is -0.259. The molecule has 0 saturated heterocycles. The topological polar surface area (TPSA) is 90.7 Å². The number of nitrogens with one attached hydrogen (secondary N) is 1. The van der Waals surface area contributed by atoms with E-state index >= 15 is 0 Å². The van der Waals surface area contributed by atoms with Gasteiger partial charge >= 0.3 is 0 Å². The number of rotatable bonds is 7. The summed E-state index contributed by atoms with van der Waals surface area (Å²) < 4.78 is 10.7. The number of methoxy groups -OCH3 is 2. The first kappa shape index (κ1) is 18.5. The molecular formula is C15H15BrN2O5S. The van der Waals surface area contributed by atoms with E-state index in [1.54, 1.807) is 17.5 Å². The summed E-state index contributed by atoms with van der Waals surface area (Å²) in [6.07, 6.45) is -0.513. The van der Waals surface area contributed by atoms with Crippen LogP contribution in [-0.2, 0) is 9.47 Å². The van der Waals surface area contributed by atoms with Gasteiger partial charge in [-0.1, -0.05) is 0 Å². The summed E-state index contributed by atoms with van der Waals surface area (Å²) in [4.78, 5) is 23.3. The Hall–Kier alpha value is -1.81. The van der Waals surface area contributed by atoms with Crippen LogP contribution in [0.25, 0.3) is 10.4 Å². The highest BCUT2D eigenvalue weighted by atomic mass is 79.9. The Balaban J connectivity index is 2.15. The fraction of sp³-hybridized carbons (Fsp3) is 0.267. The molecular weight excluding hydrogens is 400 g/mol. The average molecular weight is 415 g/mol. The van der Waals surface area contributed by atoms with Crippen LogP contribution in [-0.4, -0.2) is 37.9 Å². The monoisotopic (exact) mass is 414 g/mol. The Labute approximate surface area is 150 Å². The van der Waals surface area contributed by atoms with Gasteiger partial charge in [-0.25, -0.2) is 0 Å². The van der Waals surface area contributed by atoms with Crippen LogP contribution in [0, 0.1) is 10.1 Å². The van der Waals surface area contributed by atoms with E-state index in [1.807, 2.05) is 0 Å². The molecule has 2 rings (SSSR count). The molecule has 2 aromatic rings. The van der Waals surface area contributed by atoms with Gasteiger partial charge in [-0.3, -0.25) is 14.9 Å². The van der Waals surface area contributed by atoms with Crippen molar-refractivity contribution in [1.29, 1.82) is 0 Å². The highest BCUT2D eigenvalue weighted by Gasteiger charge is 2.18. The predicted molar refractivity (Wildman–Crippen MR) is 94.2 cm³/mol. The Morgan fingerprint density at radius 2 is 1.96 bits per heavy atom. The lowest BCUT2D eigenvalue weighted by Crippen LogP contribution is -2.34. The van der Waals surface area contributed by atoms with Gasteiger partial charge in [0.15, 0.2) is 6.29 Å². The quantitative estimate of drug-likeness (QED) is 0.425. The molecule has 0 bridgehead atoms. The van der Waals surface area contributed by atoms with Gasteiger partial charge in [-0.05, 0) is 33.6 Å². The number of non-ortho nitro benzene ring substituents is 1. The van der Waals surface area contributed by atoms with Gasteiger partial charge < -0.3 is 14.8 Å². The zero-order valence-electron chi connectivity index (χ0n) is 12.9. The maximum atomic E-state index is 12.3. The number of carbonyl (C=O) groups excluding carboxylic acids is 1. The Kier molecular flexibility index (Phi) is 6.44. The van der Waals surface area contributed by atoms with Crippen LogP contribution in [0.2, 0.25) is 0 Å². The average Bonchev–Trinajstić information content (AvgIpc) is 2.97. The number of halogens is 1. The van der Waals surface area contributed by atoms with Gasteiger partial charge in [-0.15, -0.1) is 11.3 Å². The van der Waals surface area contributed by atoms with E-state index in [2.05, 4.69) is 21.2 Å². The lowest BCUT2D eigenvalue weighted by atomic mass is 10.1. The molecule has 1 amide bonds. The number of ether oxygens (including phenoxy) is 2. The molecule has 0 saturated carbocycles. The second-order valence-electron chi connectivity index (χ2n) is 4.71. The number of nitro benzene ring substituents is 1. The SMILES string of the molecule is COC(CNC(=O)c1csc(-c2ccc([N+](=O)[O-])cc2)c1Br)OC. The smallest absolute Gasteiger partial charge is 0.269 e. The van der Waals surface area contributed by atoms with Crippen LogP contribution in [0.5, 0.6) is 0 Å². The van der Waals surface area contributed by atoms with E-state index in [1.165, 1.54) is 37.7 Å². The summed E-state index contributed by atoms with van der Waals surface area (Å²) in [6.45, 7) is 0.223. The zero-order chi connectivity index (χ0) is 17.7. The molecule has 0 spiro atoms. The number of thiophene rings is 1. The Morgan fingerprint density at radius 3 is 2.50 bits per heavy atom. The van der Waals surface area contributed by atoms with E-state index in [0.717, 1.165) is 10.4 Å². The molecule has 1 heterocycles. The van der Waals surface area contributed by atoms with Gasteiger partial charge in [0, 0.05) is 41.1 Å². The normalized spacial score (nSPS) is 10.8. The summed E-state index contributed by atoms with van der Waals surface area (Å²) in [6, 6.07) is 6.18. The summed E-state index contributed by atoms with van der Waals surface area (Å²) in [5.41, 5.74) is 1.30. The summed E-state index contributed by atoms with van der Waals surface area (Å²) in [7, 11) is 2.99. The first-order valence-corrected chi connectivity index (χ1v) is 8.50. The number of hydrogen-bond donors (Lipinski definition) is 1. The maximum absolute atomic E-state index is 12.3. The van der Waals surface area contributed by atoms with E-state index in [9.17, 15) is 14.9 Å². The standard InChI is InChI=1S/C15H15BrN2O5S/c1-22-12(23-2)7-17-15(19)11-8-24-14(13(11)16)9-3-5-10(6-4-9)18(20)21/h3-6,8,12H,7H2,1-2H3,(H,17,19). The highest BCUT2D eigenvalue weighted by molar-refractivity contribution is 9.10. The molecule has 24 heavy (non-hydrogen) atoms. The fourth-order valence-electron chi connectivity index (χ4n) is 1.96. The minimum Gasteiger partial charge on any atom is -0.354 e. The zero-order valence-corrected chi connectivity index (χ0v) is 15.3. The van der Waals surface area contributed by atoms with Gasteiger partial charge in [-0.2, -0.15) is 0 Å². The van der Waals surface area contributed by atoms with Crippen molar-refractivity contribution in [2.75, 3.05) is 20.8 Å². The molecule has 1 N–H and O–H groups in total. The van der Waals surface area contributed by atoms with Crippen molar-refractivity contribution in [2.45, 2.75) is 6.29 Å². The molecule has 9 heteroatoms. The van der Waals surface area contributed by atoms with Crippen LogP contribution >= 0.6 is 27.3 Å². The lowest BCUT2D eigenvalue weighted by Gasteiger charge is -2.13. The molecule has 0 aliphatic carbocycles. The Morgan fingerprint density at radius 1 is 1.33 bits per heavy atom. The molecule has 0 aliphatic rings. The molecule has 1 aromatic carbocycles. The van der Waals surface area contributed by atoms with Crippen LogP contribution in [0.15, 0.2) is 34.1 Å². The van der Waals surface area contributed by atoms with Crippen LogP contribution < -0.4 is 5.32 Å². The molecule has 7 nitrogen and oxygen atoms in total. The molecule has 0 unspecified atom stereocenters. The van der Waals surface area contributed by atoms with E-state index in [-0.39, 0.29) is 18.1 Å². The minimum atomic E-state index is -0.513. The first-order chi connectivity index (χ1) is 11.5. The molecule has 1 aromatic heterocycles. The molecule has 128 valence electrons. The number of nitro groups is 1.